The van der Waals surface area contributed by atoms with Gasteiger partial charge in [-0.15, -0.1) is 0 Å². The largest absolute Gasteiger partial charge is 0.479 e. The van der Waals surface area contributed by atoms with Crippen LogP contribution in [-0.2, 0) is 14.3 Å². The second-order valence-corrected chi connectivity index (χ2v) is 9.88. The van der Waals surface area contributed by atoms with Gasteiger partial charge in [-0.1, -0.05) is 55.0 Å². The van der Waals surface area contributed by atoms with Crippen LogP contribution in [0.25, 0.3) is 11.1 Å². The molecule has 2 atom stereocenters. The van der Waals surface area contributed by atoms with Crippen molar-refractivity contribution in [2.75, 3.05) is 19.7 Å². The molecule has 1 aliphatic heterocycles. The van der Waals surface area contributed by atoms with Crippen LogP contribution in [0.4, 0.5) is 4.79 Å². The molecule has 0 bridgehead atoms. The molecular formula is C28H32N2O5. The maximum atomic E-state index is 12.6. The van der Waals surface area contributed by atoms with Crippen LogP contribution < -0.4 is 5.32 Å². The van der Waals surface area contributed by atoms with Gasteiger partial charge in [0.15, 0.2) is 0 Å². The number of hydrogen-bond donors (Lipinski definition) is 2. The number of ether oxygens (including phenoxy) is 1. The first kappa shape index (κ1) is 23.4. The number of carboxylic acid groups (broad SMARTS) is 1. The summed E-state index contributed by atoms with van der Waals surface area (Å²) in [5.41, 5.74) is 3.83. The first-order chi connectivity index (χ1) is 17.0. The molecule has 2 N–H and O–H groups in total. The van der Waals surface area contributed by atoms with Crippen LogP contribution in [0.2, 0.25) is 0 Å². The van der Waals surface area contributed by atoms with Gasteiger partial charge in [-0.3, -0.25) is 4.79 Å². The molecule has 0 spiro atoms. The monoisotopic (exact) mass is 476 g/mol. The van der Waals surface area contributed by atoms with Crippen molar-refractivity contribution in [2.24, 2.45) is 5.92 Å². The van der Waals surface area contributed by atoms with Crippen molar-refractivity contribution in [1.29, 1.82) is 0 Å². The molecule has 5 rings (SSSR count). The molecule has 7 heteroatoms. The van der Waals surface area contributed by atoms with Crippen molar-refractivity contribution in [3.63, 3.8) is 0 Å². The molecule has 7 nitrogen and oxygen atoms in total. The number of alkyl carbamates (subject to hydrolysis) is 1. The number of fused-ring (bicyclic) bond motifs is 4. The van der Waals surface area contributed by atoms with Crippen LogP contribution in [0, 0.1) is 5.92 Å². The fraction of sp³-hybridized carbons (Fsp3) is 0.464. The van der Waals surface area contributed by atoms with Crippen molar-refractivity contribution in [1.82, 2.24) is 10.2 Å². The van der Waals surface area contributed by atoms with Gasteiger partial charge < -0.3 is 20.1 Å². The summed E-state index contributed by atoms with van der Waals surface area (Å²) in [7, 11) is 0. The molecule has 2 aromatic carbocycles. The lowest BCUT2D eigenvalue weighted by Gasteiger charge is -2.33. The Morgan fingerprint density at radius 2 is 1.69 bits per heavy atom. The number of nitrogens with one attached hydrogen (secondary N) is 1. The Balaban J connectivity index is 1.01. The number of piperidine rings is 1. The Labute approximate surface area is 205 Å². The molecule has 2 fully saturated rings. The van der Waals surface area contributed by atoms with E-state index in [-0.39, 0.29) is 24.3 Å². The summed E-state index contributed by atoms with van der Waals surface area (Å²) < 4.78 is 5.55. The van der Waals surface area contributed by atoms with E-state index in [1.165, 1.54) is 22.3 Å². The topological polar surface area (TPSA) is 95.9 Å². The number of unbranched alkanes of at least 4 members (excludes halogenated alkanes) is 2. The number of aliphatic carboxylic acids is 1. The normalized spacial score (nSPS) is 22.1. The third-order valence-electron chi connectivity index (χ3n) is 7.84. The highest BCUT2D eigenvalue weighted by atomic mass is 16.5. The van der Waals surface area contributed by atoms with E-state index in [2.05, 4.69) is 29.6 Å². The van der Waals surface area contributed by atoms with E-state index >= 15 is 0 Å². The number of carbonyl (C=O) groups excluding carboxylic acids is 2. The number of carbonyl (C=O) groups is 3. The smallest absolute Gasteiger partial charge is 0.407 e. The van der Waals surface area contributed by atoms with Crippen LogP contribution >= 0.6 is 0 Å². The van der Waals surface area contributed by atoms with E-state index in [0.717, 1.165) is 25.7 Å². The van der Waals surface area contributed by atoms with E-state index in [1.54, 1.807) is 4.90 Å². The van der Waals surface area contributed by atoms with E-state index in [4.69, 9.17) is 4.74 Å². The Kier molecular flexibility index (Phi) is 6.50. The molecule has 1 saturated heterocycles. The average Bonchev–Trinajstić information content (AvgIpc) is 3.55. The quantitative estimate of drug-likeness (QED) is 0.518. The molecule has 2 aromatic rings. The predicted octanol–water partition coefficient (Wildman–Crippen LogP) is 4.55. The van der Waals surface area contributed by atoms with Crippen molar-refractivity contribution in [3.8, 4) is 11.1 Å². The number of amides is 2. The molecule has 3 aliphatic rings. The highest BCUT2D eigenvalue weighted by Crippen LogP contribution is 2.54. The van der Waals surface area contributed by atoms with Gasteiger partial charge in [0.25, 0.3) is 0 Å². The van der Waals surface area contributed by atoms with Gasteiger partial charge in [0.05, 0.1) is 0 Å². The molecule has 0 unspecified atom stereocenters. The van der Waals surface area contributed by atoms with E-state index in [9.17, 15) is 19.5 Å². The predicted molar refractivity (Wildman–Crippen MR) is 131 cm³/mol. The minimum atomic E-state index is -0.930. The van der Waals surface area contributed by atoms with Gasteiger partial charge in [0.2, 0.25) is 5.91 Å². The lowest BCUT2D eigenvalue weighted by atomic mass is 9.98. The fourth-order valence-electron chi connectivity index (χ4n) is 5.96. The van der Waals surface area contributed by atoms with Crippen LogP contribution in [-0.4, -0.2) is 53.2 Å². The summed E-state index contributed by atoms with van der Waals surface area (Å²) in [4.78, 5) is 38.2. The lowest BCUT2D eigenvalue weighted by Crippen LogP contribution is -2.51. The summed E-state index contributed by atoms with van der Waals surface area (Å²) in [6.07, 6.45) is 4.51. The van der Waals surface area contributed by atoms with Crippen LogP contribution in [0.1, 0.15) is 62.0 Å². The van der Waals surface area contributed by atoms with Crippen LogP contribution in [0.15, 0.2) is 48.5 Å². The van der Waals surface area contributed by atoms with E-state index in [1.807, 2.05) is 24.3 Å². The molecule has 1 saturated carbocycles. The molecular weight excluding hydrogens is 444 g/mol. The summed E-state index contributed by atoms with van der Waals surface area (Å²) in [5, 5.41) is 12.4. The van der Waals surface area contributed by atoms with E-state index < -0.39 is 17.6 Å². The van der Waals surface area contributed by atoms with Crippen molar-refractivity contribution < 1.29 is 24.2 Å². The zero-order valence-electron chi connectivity index (χ0n) is 19.9. The summed E-state index contributed by atoms with van der Waals surface area (Å²) in [6.45, 7) is 1.32. The third-order valence-corrected chi connectivity index (χ3v) is 7.84. The first-order valence-corrected chi connectivity index (χ1v) is 12.6. The number of rotatable bonds is 9. The van der Waals surface area contributed by atoms with E-state index in [0.29, 0.717) is 32.4 Å². The first-order valence-electron chi connectivity index (χ1n) is 12.6. The Morgan fingerprint density at radius 1 is 1.00 bits per heavy atom. The molecule has 1 heterocycles. The van der Waals surface area contributed by atoms with Crippen LogP contribution in [0.3, 0.4) is 0 Å². The van der Waals surface area contributed by atoms with Gasteiger partial charge in [-0.25, -0.2) is 9.59 Å². The SMILES string of the molecule is O=C(NCCCCCC(=O)N1CCC[C@@H]2C[C@@]21C(=O)O)OCC1c2ccccc2-c2ccccc21. The molecule has 2 amide bonds. The molecule has 184 valence electrons. The molecule has 0 radical (unpaired) electrons. The van der Waals surface area contributed by atoms with Crippen LogP contribution in [0.5, 0.6) is 0 Å². The fourth-order valence-corrected chi connectivity index (χ4v) is 5.96. The second-order valence-electron chi connectivity index (χ2n) is 9.88. The highest BCUT2D eigenvalue weighted by molar-refractivity contribution is 5.90. The maximum Gasteiger partial charge on any atom is 0.407 e. The number of carboxylic acids is 1. The lowest BCUT2D eigenvalue weighted by molar-refractivity contribution is -0.154. The van der Waals surface area contributed by atoms with Gasteiger partial charge >= 0.3 is 12.1 Å². The average molecular weight is 477 g/mol. The van der Waals surface area contributed by atoms with Crippen molar-refractivity contribution in [2.45, 2.75) is 56.4 Å². The van der Waals surface area contributed by atoms with Crippen molar-refractivity contribution in [3.05, 3.63) is 59.7 Å². The number of nitrogens with zero attached hydrogens (tertiary/aromatic N) is 1. The maximum absolute atomic E-state index is 12.6. The second kappa shape index (κ2) is 9.72. The Hall–Kier alpha value is -3.35. The van der Waals surface area contributed by atoms with Crippen molar-refractivity contribution >= 4 is 18.0 Å². The summed E-state index contributed by atoms with van der Waals surface area (Å²) in [5.74, 6) is -0.754. The third kappa shape index (κ3) is 4.40. The summed E-state index contributed by atoms with van der Waals surface area (Å²) in [6, 6.07) is 16.5. The molecule has 35 heavy (non-hydrogen) atoms. The zero-order valence-corrected chi connectivity index (χ0v) is 19.9. The minimum absolute atomic E-state index is 0.0362. The highest BCUT2D eigenvalue weighted by Gasteiger charge is 2.66. The number of likely N-dealkylation sites (tertiary alicyclic amines) is 1. The minimum Gasteiger partial charge on any atom is -0.479 e. The van der Waals surface area contributed by atoms with Gasteiger partial charge in [-0.2, -0.15) is 0 Å². The zero-order chi connectivity index (χ0) is 24.4. The van der Waals surface area contributed by atoms with Gasteiger partial charge in [0.1, 0.15) is 12.1 Å². The summed E-state index contributed by atoms with van der Waals surface area (Å²) >= 11 is 0. The molecule has 0 aromatic heterocycles. The standard InChI is InChI=1S/C28H32N2O5/c31-25(30-16-8-9-19-17-28(19,30)26(32)33)14-2-1-7-15-29-27(34)35-18-24-22-12-5-3-10-20(22)21-11-4-6-13-23(21)24/h3-6,10-13,19,24H,1-2,7-9,14-18H2,(H,29,34)(H,32,33)/t19-,28+/m1/s1. The Morgan fingerprint density at radius 3 is 2.37 bits per heavy atom. The molecule has 2 aliphatic carbocycles. The van der Waals surface area contributed by atoms with Gasteiger partial charge in [-0.05, 0) is 60.3 Å². The number of benzene rings is 2. The Bertz CT molecular complexity index is 1090. The van der Waals surface area contributed by atoms with Gasteiger partial charge in [0, 0.05) is 25.4 Å². The number of hydrogen-bond acceptors (Lipinski definition) is 4.